The number of allylic oxidation sites excluding steroid dienone is 6. The molecule has 2 aliphatic rings. The lowest BCUT2D eigenvalue weighted by atomic mass is 9.94. The minimum absolute atomic E-state index is 0.432. The highest BCUT2D eigenvalue weighted by molar-refractivity contribution is 8.03. The van der Waals surface area contributed by atoms with E-state index in [-0.39, 0.29) is 0 Å². The van der Waals surface area contributed by atoms with Gasteiger partial charge in [-0.2, -0.15) is 4.57 Å². The van der Waals surface area contributed by atoms with Gasteiger partial charge in [-0.05, 0) is 102 Å². The number of hydrogen-bond acceptors (Lipinski definition) is 9. The van der Waals surface area contributed by atoms with Crippen LogP contribution in [0, 0.1) is 0 Å². The molecular weight excluding hydrogens is 656 g/mol. The van der Waals surface area contributed by atoms with Gasteiger partial charge in [-0.25, -0.2) is 9.59 Å². The first kappa shape index (κ1) is 34.6. The Hall–Kier alpha value is -3.73. The van der Waals surface area contributed by atoms with Crippen molar-refractivity contribution in [2.24, 2.45) is 7.05 Å². The number of carbonyl (C=O) groups is 2. The van der Waals surface area contributed by atoms with E-state index in [0.29, 0.717) is 11.5 Å². The minimum atomic E-state index is -0.727. The summed E-state index contributed by atoms with van der Waals surface area (Å²) in [6.07, 6.45) is 9.72. The molecule has 0 atom stereocenters. The summed E-state index contributed by atoms with van der Waals surface area (Å²) in [6.45, 7) is 10.8. The molecule has 1 aliphatic carbocycles. The first-order valence-electron chi connectivity index (χ1n) is 15.3. The second-order valence-electron chi connectivity index (χ2n) is 13.3. The van der Waals surface area contributed by atoms with E-state index in [4.69, 9.17) is 30.5 Å². The SMILES string of the molecule is CN1/C(=C/C=C2\CCCC(/C=C/c3sc4ccc(OC(=O)OC(C)(C)C)cc4[n+]3C)=C2Cl)Sc2ccc(OC(=O)OC(C)(C)C)cc21. The largest absolute Gasteiger partial charge is 0.514 e. The molecule has 47 heavy (non-hydrogen) atoms. The van der Waals surface area contributed by atoms with Crippen LogP contribution in [0.1, 0.15) is 65.8 Å². The molecule has 3 aromatic rings. The van der Waals surface area contributed by atoms with Crippen molar-refractivity contribution < 1.29 is 33.1 Å². The van der Waals surface area contributed by atoms with Crippen LogP contribution in [0.4, 0.5) is 15.3 Å². The maximum atomic E-state index is 12.1. The maximum absolute atomic E-state index is 12.1. The average molecular weight is 696 g/mol. The van der Waals surface area contributed by atoms with Crippen molar-refractivity contribution >= 4 is 69.0 Å². The lowest BCUT2D eigenvalue weighted by Crippen LogP contribution is -2.29. The first-order valence-corrected chi connectivity index (χ1v) is 17.4. The quantitative estimate of drug-likeness (QED) is 0.148. The molecule has 1 aliphatic heterocycles. The van der Waals surface area contributed by atoms with Gasteiger partial charge in [-0.3, -0.25) is 0 Å². The van der Waals surface area contributed by atoms with Gasteiger partial charge in [0, 0.05) is 29.1 Å². The molecule has 2 aromatic carbocycles. The van der Waals surface area contributed by atoms with Gasteiger partial charge in [-0.1, -0.05) is 46.9 Å². The predicted molar refractivity (Wildman–Crippen MR) is 189 cm³/mol. The van der Waals surface area contributed by atoms with Gasteiger partial charge >= 0.3 is 12.3 Å². The maximum Gasteiger partial charge on any atom is 0.514 e. The van der Waals surface area contributed by atoms with Crippen molar-refractivity contribution in [3.63, 3.8) is 0 Å². The highest BCUT2D eigenvalue weighted by Gasteiger charge is 2.25. The van der Waals surface area contributed by atoms with Crippen molar-refractivity contribution in [3.8, 4) is 11.5 Å². The third kappa shape index (κ3) is 8.80. The second-order valence-corrected chi connectivity index (χ2v) is 15.8. The van der Waals surface area contributed by atoms with E-state index in [1.807, 2.05) is 38.4 Å². The van der Waals surface area contributed by atoms with E-state index in [2.05, 4.69) is 33.8 Å². The lowest BCUT2D eigenvalue weighted by Gasteiger charge is -2.19. The molecule has 5 rings (SSSR count). The zero-order valence-electron chi connectivity index (χ0n) is 27.9. The van der Waals surface area contributed by atoms with Crippen LogP contribution in [-0.2, 0) is 16.5 Å². The summed E-state index contributed by atoms with van der Waals surface area (Å²) in [4.78, 5) is 27.4. The van der Waals surface area contributed by atoms with E-state index in [9.17, 15) is 9.59 Å². The monoisotopic (exact) mass is 695 g/mol. The molecular formula is C36H40ClN2O6S2+. The van der Waals surface area contributed by atoms with Crippen LogP contribution >= 0.6 is 34.7 Å². The van der Waals surface area contributed by atoms with Crippen LogP contribution in [0.3, 0.4) is 0 Å². The smallest absolute Gasteiger partial charge is 0.428 e. The van der Waals surface area contributed by atoms with Crippen LogP contribution in [-0.4, -0.2) is 30.6 Å². The van der Waals surface area contributed by atoms with Crippen molar-refractivity contribution in [2.75, 3.05) is 11.9 Å². The summed E-state index contributed by atoms with van der Waals surface area (Å²) in [5, 5.41) is 2.86. The molecule has 11 heteroatoms. The Labute approximate surface area is 289 Å². The van der Waals surface area contributed by atoms with Gasteiger partial charge in [-0.15, -0.1) is 0 Å². The third-order valence-corrected chi connectivity index (χ3v) is 10.0. The van der Waals surface area contributed by atoms with Gasteiger partial charge in [0.2, 0.25) is 5.52 Å². The zero-order valence-corrected chi connectivity index (χ0v) is 30.3. The standard InChI is InChI=1S/C36H40ClN2O6S2/c1-35(2,3)44-33(40)42-24-14-16-28-26(20-24)38(7)30(46-28)18-12-22-10-9-11-23(32(22)37)13-19-31-39(8)27-21-25(15-17-29(27)47-31)43-34(41)45-36(4,5)6/h12-21H,9-11H2,1-8H3/q+1. The van der Waals surface area contributed by atoms with Crippen molar-refractivity contribution in [2.45, 2.75) is 76.9 Å². The van der Waals surface area contributed by atoms with Crippen LogP contribution in [0.5, 0.6) is 11.5 Å². The molecule has 0 spiro atoms. The topological polar surface area (TPSA) is 78.2 Å². The second kappa shape index (κ2) is 13.8. The highest BCUT2D eigenvalue weighted by Crippen LogP contribution is 2.47. The Morgan fingerprint density at radius 1 is 0.894 bits per heavy atom. The number of fused-ring (bicyclic) bond motifs is 2. The van der Waals surface area contributed by atoms with Crippen LogP contribution in [0.15, 0.2) is 80.7 Å². The molecule has 248 valence electrons. The lowest BCUT2D eigenvalue weighted by molar-refractivity contribution is -0.642. The predicted octanol–water partition coefficient (Wildman–Crippen LogP) is 10.1. The van der Waals surface area contributed by atoms with E-state index in [1.54, 1.807) is 76.8 Å². The van der Waals surface area contributed by atoms with E-state index < -0.39 is 23.5 Å². The van der Waals surface area contributed by atoms with Gasteiger partial charge in [0.25, 0.3) is 5.01 Å². The molecule has 0 N–H and O–H groups in total. The number of aryl methyl sites for hydroxylation is 1. The number of aromatic nitrogens is 1. The minimum Gasteiger partial charge on any atom is -0.428 e. The summed E-state index contributed by atoms with van der Waals surface area (Å²) in [7, 11) is 3.98. The number of ether oxygens (including phenoxy) is 4. The number of thiazole rings is 1. The number of halogens is 1. The van der Waals surface area contributed by atoms with E-state index in [1.165, 1.54) is 0 Å². The van der Waals surface area contributed by atoms with Gasteiger partial charge in [0.15, 0.2) is 0 Å². The normalized spacial score (nSPS) is 17.2. The van der Waals surface area contributed by atoms with Crippen LogP contribution < -0.4 is 18.9 Å². The fourth-order valence-electron chi connectivity index (χ4n) is 5.00. The molecule has 0 amide bonds. The molecule has 0 saturated carbocycles. The van der Waals surface area contributed by atoms with Crippen molar-refractivity contribution in [1.29, 1.82) is 0 Å². The molecule has 0 radical (unpaired) electrons. The fourth-order valence-corrected chi connectivity index (χ4v) is 7.38. The van der Waals surface area contributed by atoms with Crippen molar-refractivity contribution in [1.82, 2.24) is 0 Å². The molecule has 8 nitrogen and oxygen atoms in total. The van der Waals surface area contributed by atoms with Crippen molar-refractivity contribution in [3.05, 3.63) is 80.8 Å². The molecule has 1 aromatic heterocycles. The van der Waals surface area contributed by atoms with Gasteiger partial charge in [0.05, 0.1) is 16.8 Å². The molecule has 0 bridgehead atoms. The van der Waals surface area contributed by atoms with Crippen LogP contribution in [0.25, 0.3) is 16.3 Å². The molecule has 2 heterocycles. The average Bonchev–Trinajstić information content (AvgIpc) is 3.44. The molecule has 0 saturated heterocycles. The number of benzene rings is 2. The van der Waals surface area contributed by atoms with E-state index >= 15 is 0 Å². The Balaban J connectivity index is 1.29. The Bertz CT molecular complexity index is 1840. The molecule has 0 unspecified atom stereocenters. The Morgan fingerprint density at radius 3 is 2.19 bits per heavy atom. The number of rotatable bonds is 5. The summed E-state index contributed by atoms with van der Waals surface area (Å²) in [5.74, 6) is 0.864. The zero-order chi connectivity index (χ0) is 34.1. The summed E-state index contributed by atoms with van der Waals surface area (Å²) in [5.41, 5.74) is 2.83. The Kier molecular flexibility index (Phi) is 10.1. The van der Waals surface area contributed by atoms with Crippen LogP contribution in [0.2, 0.25) is 0 Å². The fraction of sp³-hybridized carbons (Fsp3) is 0.361. The van der Waals surface area contributed by atoms with Gasteiger partial charge < -0.3 is 23.8 Å². The Morgan fingerprint density at radius 2 is 1.53 bits per heavy atom. The number of hydrogen-bond donors (Lipinski definition) is 0. The summed E-state index contributed by atoms with van der Waals surface area (Å²) in [6, 6.07) is 11.1. The molecule has 0 fully saturated rings. The third-order valence-electron chi connectivity index (χ3n) is 7.17. The number of carbonyl (C=O) groups excluding carboxylic acids is 2. The highest BCUT2D eigenvalue weighted by atomic mass is 35.5. The number of thioether (sulfide) groups is 1. The number of nitrogens with zero attached hydrogens (tertiary/aromatic N) is 2. The number of anilines is 1. The van der Waals surface area contributed by atoms with Gasteiger partial charge in [0.1, 0.15) is 34.4 Å². The van der Waals surface area contributed by atoms with E-state index in [0.717, 1.165) is 66.3 Å². The first-order chi connectivity index (χ1) is 22.1. The summed E-state index contributed by atoms with van der Waals surface area (Å²) < 4.78 is 24.5. The summed E-state index contributed by atoms with van der Waals surface area (Å²) >= 11 is 10.3.